The minimum absolute atomic E-state index is 0.749. The highest BCUT2D eigenvalue weighted by Crippen LogP contribution is 2.00. The Bertz CT molecular complexity index is 122. The maximum atomic E-state index is 4.17. The van der Waals surface area contributed by atoms with Gasteiger partial charge >= 0.3 is 0 Å². The zero-order valence-corrected chi connectivity index (χ0v) is 7.24. The minimum atomic E-state index is 0.749. The topological polar surface area (TPSA) is 36.8 Å². The van der Waals surface area contributed by atoms with Crippen molar-refractivity contribution >= 4 is 23.5 Å². The third-order valence-corrected chi connectivity index (χ3v) is 1.66. The zero-order valence-electron chi connectivity index (χ0n) is 6.42. The van der Waals surface area contributed by atoms with Gasteiger partial charge in [-0.1, -0.05) is 11.8 Å². The summed E-state index contributed by atoms with van der Waals surface area (Å²) in [5.41, 5.74) is 2.73. The lowest BCUT2D eigenvalue weighted by Gasteiger charge is -1.97. The van der Waals surface area contributed by atoms with Crippen molar-refractivity contribution in [3.05, 3.63) is 0 Å². The fraction of sp³-hybridized carbons (Fsp3) is 0.667. The molecule has 0 unspecified atom stereocenters. The molecule has 0 atom stereocenters. The van der Waals surface area contributed by atoms with E-state index in [0.717, 1.165) is 17.5 Å². The highest BCUT2D eigenvalue weighted by atomic mass is 32.2. The van der Waals surface area contributed by atoms with Crippen LogP contribution in [0.3, 0.4) is 0 Å². The Morgan fingerprint density at radius 1 is 1.70 bits per heavy atom. The Balaban J connectivity index is 3.29. The van der Waals surface area contributed by atoms with Crippen molar-refractivity contribution in [3.8, 4) is 0 Å². The van der Waals surface area contributed by atoms with Gasteiger partial charge in [0.2, 0.25) is 0 Å². The molecule has 0 saturated heterocycles. The Morgan fingerprint density at radius 2 is 2.40 bits per heavy atom. The van der Waals surface area contributed by atoms with Crippen LogP contribution < -0.4 is 5.43 Å². The largest absolute Gasteiger partial charge is 0.300 e. The summed E-state index contributed by atoms with van der Waals surface area (Å²) in [5, 5.41) is 4.57. The summed E-state index contributed by atoms with van der Waals surface area (Å²) in [6.07, 6.45) is 0. The molecule has 0 radical (unpaired) electrons. The molecule has 0 fully saturated rings. The molecule has 10 heavy (non-hydrogen) atoms. The maximum absolute atomic E-state index is 4.17. The Hall–Kier alpha value is -0.510. The summed E-state index contributed by atoms with van der Waals surface area (Å²) in [6, 6.07) is 0. The summed E-state index contributed by atoms with van der Waals surface area (Å²) < 4.78 is 0. The van der Waals surface area contributed by atoms with E-state index in [-0.39, 0.29) is 0 Å². The first-order chi connectivity index (χ1) is 4.81. The molecule has 0 saturated carbocycles. The van der Waals surface area contributed by atoms with Gasteiger partial charge in [0.1, 0.15) is 0 Å². The Kier molecular flexibility index (Phi) is 6.27. The summed E-state index contributed by atoms with van der Waals surface area (Å²) in [4.78, 5) is 4.17. The first kappa shape index (κ1) is 9.49. The third-order valence-electron chi connectivity index (χ3n) is 0.838. The Morgan fingerprint density at radius 3 is 2.90 bits per heavy atom. The van der Waals surface area contributed by atoms with Crippen molar-refractivity contribution in [2.45, 2.75) is 13.8 Å². The molecule has 0 heterocycles. The number of nitrogens with zero attached hydrogens (tertiary/aromatic N) is 2. The van der Waals surface area contributed by atoms with E-state index in [9.17, 15) is 0 Å². The highest BCUT2D eigenvalue weighted by Gasteiger charge is 1.87. The third kappa shape index (κ3) is 5.62. The maximum Gasteiger partial charge on any atom is 0.0841 e. The van der Waals surface area contributed by atoms with Crippen LogP contribution in [-0.2, 0) is 0 Å². The molecule has 58 valence electrons. The van der Waals surface area contributed by atoms with Crippen molar-refractivity contribution in [1.29, 1.82) is 0 Å². The van der Waals surface area contributed by atoms with Gasteiger partial charge in [0.05, 0.1) is 10.9 Å². The summed E-state index contributed by atoms with van der Waals surface area (Å²) in [6.45, 7) is 8.14. The van der Waals surface area contributed by atoms with Gasteiger partial charge in [0.15, 0.2) is 0 Å². The molecule has 0 aromatic carbocycles. The number of rotatable bonds is 4. The van der Waals surface area contributed by atoms with E-state index < -0.39 is 0 Å². The lowest BCUT2D eigenvalue weighted by atomic mass is 10.7. The molecule has 4 heteroatoms. The second kappa shape index (κ2) is 6.61. The van der Waals surface area contributed by atoms with Crippen LogP contribution in [-0.4, -0.2) is 24.2 Å². The van der Waals surface area contributed by atoms with Gasteiger partial charge in [-0.3, -0.25) is 4.99 Å². The molecular formula is C6H13N3S. The lowest BCUT2D eigenvalue weighted by molar-refractivity contribution is 0.886. The molecule has 0 aromatic rings. The van der Waals surface area contributed by atoms with Gasteiger partial charge in [0.25, 0.3) is 0 Å². The molecule has 0 aliphatic carbocycles. The quantitative estimate of drug-likeness (QED) is 0.221. The van der Waals surface area contributed by atoms with Crippen molar-refractivity contribution in [2.24, 2.45) is 10.1 Å². The normalized spacial score (nSPS) is 11.2. The number of hydrazone groups is 1. The van der Waals surface area contributed by atoms with Gasteiger partial charge in [0, 0.05) is 13.3 Å². The van der Waals surface area contributed by atoms with Gasteiger partial charge in [-0.25, -0.2) is 0 Å². The second-order valence-electron chi connectivity index (χ2n) is 1.60. The van der Waals surface area contributed by atoms with Crippen LogP contribution in [0.1, 0.15) is 13.8 Å². The second-order valence-corrected chi connectivity index (χ2v) is 2.77. The molecule has 0 aliphatic heterocycles. The van der Waals surface area contributed by atoms with Crippen LogP contribution >= 0.6 is 11.8 Å². The summed E-state index contributed by atoms with van der Waals surface area (Å²) in [5.74, 6) is 0.749. The average molecular weight is 159 g/mol. The molecule has 0 aromatic heterocycles. The van der Waals surface area contributed by atoms with Crippen LogP contribution in [0.2, 0.25) is 0 Å². The predicted octanol–water partition coefficient (Wildman–Crippen LogP) is 1.32. The van der Waals surface area contributed by atoms with E-state index in [1.54, 1.807) is 11.8 Å². The van der Waals surface area contributed by atoms with Crippen LogP contribution in [0.5, 0.6) is 0 Å². The van der Waals surface area contributed by atoms with E-state index in [4.69, 9.17) is 0 Å². The van der Waals surface area contributed by atoms with Gasteiger partial charge < -0.3 is 5.43 Å². The molecular weight excluding hydrogens is 146 g/mol. The van der Waals surface area contributed by atoms with Crippen molar-refractivity contribution in [2.75, 3.05) is 12.4 Å². The molecule has 1 N–H and O–H groups in total. The minimum Gasteiger partial charge on any atom is -0.300 e. The zero-order chi connectivity index (χ0) is 7.82. The average Bonchev–Trinajstić information content (AvgIpc) is 1.89. The SMILES string of the molecule is C=NNCSC(C)=NCC. The van der Waals surface area contributed by atoms with E-state index in [2.05, 4.69) is 22.2 Å². The van der Waals surface area contributed by atoms with Crippen molar-refractivity contribution in [1.82, 2.24) is 5.43 Å². The van der Waals surface area contributed by atoms with Crippen molar-refractivity contribution in [3.63, 3.8) is 0 Å². The number of aliphatic imine (C=N–C) groups is 1. The molecule has 0 spiro atoms. The molecule has 3 nitrogen and oxygen atoms in total. The number of hydrogen-bond acceptors (Lipinski definition) is 4. The van der Waals surface area contributed by atoms with E-state index in [1.165, 1.54) is 0 Å². The van der Waals surface area contributed by atoms with E-state index in [1.807, 2.05) is 13.8 Å². The lowest BCUT2D eigenvalue weighted by Crippen LogP contribution is -2.04. The summed E-state index contributed by atoms with van der Waals surface area (Å²) >= 11 is 1.63. The molecule has 0 bridgehead atoms. The first-order valence-electron chi connectivity index (χ1n) is 3.13. The fourth-order valence-electron chi connectivity index (χ4n) is 0.451. The highest BCUT2D eigenvalue weighted by molar-refractivity contribution is 8.13. The Labute approximate surface area is 66.0 Å². The smallest absolute Gasteiger partial charge is 0.0841 e. The van der Waals surface area contributed by atoms with Crippen LogP contribution in [0.4, 0.5) is 0 Å². The number of thioether (sulfide) groups is 1. The van der Waals surface area contributed by atoms with Gasteiger partial charge in [-0.05, 0) is 13.8 Å². The molecule has 0 aliphatic rings. The number of nitrogens with one attached hydrogen (secondary N) is 1. The van der Waals surface area contributed by atoms with Crippen LogP contribution in [0, 0.1) is 0 Å². The fourth-order valence-corrected chi connectivity index (χ4v) is 1.04. The molecule has 0 rings (SSSR count). The van der Waals surface area contributed by atoms with E-state index in [0.29, 0.717) is 0 Å². The molecule has 0 amide bonds. The van der Waals surface area contributed by atoms with Crippen LogP contribution in [0.25, 0.3) is 0 Å². The van der Waals surface area contributed by atoms with Gasteiger partial charge in [-0.2, -0.15) is 5.10 Å². The number of hydrogen-bond donors (Lipinski definition) is 1. The van der Waals surface area contributed by atoms with Crippen LogP contribution in [0.15, 0.2) is 10.1 Å². The summed E-state index contributed by atoms with van der Waals surface area (Å²) in [7, 11) is 0. The standard InChI is InChI=1S/C6H13N3S/c1-4-8-6(2)10-5-9-7-3/h9H,3-5H2,1-2H3. The van der Waals surface area contributed by atoms with E-state index >= 15 is 0 Å². The predicted molar refractivity (Wildman–Crippen MR) is 48.8 cm³/mol. The first-order valence-corrected chi connectivity index (χ1v) is 4.12. The van der Waals surface area contributed by atoms with Gasteiger partial charge in [-0.15, -0.1) is 0 Å². The van der Waals surface area contributed by atoms with Crippen molar-refractivity contribution < 1.29 is 0 Å². The monoisotopic (exact) mass is 159 g/mol.